The summed E-state index contributed by atoms with van der Waals surface area (Å²) < 4.78 is 5.60. The molecule has 0 spiro atoms. The van der Waals surface area contributed by atoms with E-state index in [1.54, 1.807) is 0 Å². The SMILES string of the molecule is CCN1CCOC(CNC(=O)NC(CC(=O)O)C(C)C)C1. The zero-order valence-electron chi connectivity index (χ0n) is 13.1. The molecule has 1 rings (SSSR count). The number of likely N-dealkylation sites (N-methyl/N-ethyl adjacent to an activating group) is 1. The molecule has 21 heavy (non-hydrogen) atoms. The van der Waals surface area contributed by atoms with Crippen LogP contribution in [0.5, 0.6) is 0 Å². The number of ether oxygens (including phenoxy) is 1. The summed E-state index contributed by atoms with van der Waals surface area (Å²) in [5, 5.41) is 14.3. The monoisotopic (exact) mass is 301 g/mol. The number of morpholine rings is 1. The Morgan fingerprint density at radius 3 is 2.71 bits per heavy atom. The van der Waals surface area contributed by atoms with E-state index in [4.69, 9.17) is 9.84 Å². The van der Waals surface area contributed by atoms with Crippen LogP contribution in [0.1, 0.15) is 27.2 Å². The van der Waals surface area contributed by atoms with Crippen LogP contribution in [-0.2, 0) is 9.53 Å². The highest BCUT2D eigenvalue weighted by Crippen LogP contribution is 2.06. The van der Waals surface area contributed by atoms with Crippen molar-refractivity contribution in [3.8, 4) is 0 Å². The van der Waals surface area contributed by atoms with Gasteiger partial charge in [0.25, 0.3) is 0 Å². The third-order valence-electron chi connectivity index (χ3n) is 3.68. The molecule has 0 aromatic carbocycles. The second kappa shape index (κ2) is 8.84. The Kier molecular flexibility index (Phi) is 7.45. The summed E-state index contributed by atoms with van der Waals surface area (Å²) in [6.45, 7) is 9.68. The minimum Gasteiger partial charge on any atom is -0.481 e. The van der Waals surface area contributed by atoms with E-state index in [9.17, 15) is 9.59 Å². The average Bonchev–Trinajstić information content (AvgIpc) is 2.44. The summed E-state index contributed by atoms with van der Waals surface area (Å²) in [7, 11) is 0. The van der Waals surface area contributed by atoms with Crippen LogP contribution < -0.4 is 10.6 Å². The Labute approximate surface area is 126 Å². The van der Waals surface area contributed by atoms with E-state index in [-0.39, 0.29) is 30.5 Å². The van der Waals surface area contributed by atoms with Gasteiger partial charge >= 0.3 is 12.0 Å². The van der Waals surface area contributed by atoms with Crippen molar-refractivity contribution in [2.45, 2.75) is 39.3 Å². The van der Waals surface area contributed by atoms with E-state index < -0.39 is 5.97 Å². The molecule has 1 heterocycles. The number of carbonyl (C=O) groups excluding carboxylic acids is 1. The van der Waals surface area contributed by atoms with Gasteiger partial charge in [-0.1, -0.05) is 20.8 Å². The fraction of sp³-hybridized carbons (Fsp3) is 0.857. The molecule has 0 aliphatic carbocycles. The lowest BCUT2D eigenvalue weighted by Gasteiger charge is -2.32. The van der Waals surface area contributed by atoms with Crippen molar-refractivity contribution in [1.29, 1.82) is 0 Å². The normalized spacial score (nSPS) is 21.0. The standard InChI is InChI=1S/C14H27N3O4/c1-4-17-5-6-21-11(9-17)8-15-14(20)16-12(10(2)3)7-13(18)19/h10-12H,4-9H2,1-3H3,(H,18,19)(H2,15,16,20). The number of hydrogen-bond donors (Lipinski definition) is 3. The minimum atomic E-state index is -0.914. The van der Waals surface area contributed by atoms with Gasteiger partial charge in [-0.15, -0.1) is 0 Å². The molecule has 0 aromatic rings. The van der Waals surface area contributed by atoms with Crippen molar-refractivity contribution in [1.82, 2.24) is 15.5 Å². The zero-order valence-corrected chi connectivity index (χ0v) is 13.1. The first kappa shape index (κ1) is 17.7. The number of carbonyl (C=O) groups is 2. The average molecular weight is 301 g/mol. The molecular weight excluding hydrogens is 274 g/mol. The Balaban J connectivity index is 2.33. The zero-order chi connectivity index (χ0) is 15.8. The highest BCUT2D eigenvalue weighted by Gasteiger charge is 2.22. The van der Waals surface area contributed by atoms with Crippen LogP contribution in [0.2, 0.25) is 0 Å². The molecule has 7 nitrogen and oxygen atoms in total. The number of amides is 2. The topological polar surface area (TPSA) is 90.9 Å². The molecule has 1 aliphatic rings. The number of aliphatic carboxylic acids is 1. The third-order valence-corrected chi connectivity index (χ3v) is 3.68. The predicted molar refractivity (Wildman–Crippen MR) is 79.3 cm³/mol. The lowest BCUT2D eigenvalue weighted by Crippen LogP contribution is -2.51. The molecule has 0 radical (unpaired) electrons. The van der Waals surface area contributed by atoms with Crippen LogP contribution in [-0.4, -0.2) is 66.9 Å². The fourth-order valence-corrected chi connectivity index (χ4v) is 2.26. The first-order chi connectivity index (χ1) is 9.92. The summed E-state index contributed by atoms with van der Waals surface area (Å²) >= 11 is 0. The van der Waals surface area contributed by atoms with Gasteiger partial charge in [0.05, 0.1) is 19.1 Å². The van der Waals surface area contributed by atoms with Crippen LogP contribution in [0, 0.1) is 5.92 Å². The van der Waals surface area contributed by atoms with Gasteiger partial charge < -0.3 is 20.5 Å². The van der Waals surface area contributed by atoms with Gasteiger partial charge in [0.2, 0.25) is 0 Å². The summed E-state index contributed by atoms with van der Waals surface area (Å²) in [6.07, 6.45) is -0.0873. The molecule has 7 heteroatoms. The number of rotatable bonds is 7. The lowest BCUT2D eigenvalue weighted by molar-refractivity contribution is -0.137. The fourth-order valence-electron chi connectivity index (χ4n) is 2.26. The first-order valence-electron chi connectivity index (χ1n) is 7.52. The van der Waals surface area contributed by atoms with Crippen LogP contribution >= 0.6 is 0 Å². The summed E-state index contributed by atoms with van der Waals surface area (Å²) in [5.41, 5.74) is 0. The maximum atomic E-state index is 11.8. The highest BCUT2D eigenvalue weighted by atomic mass is 16.5. The third kappa shape index (κ3) is 6.77. The number of nitrogens with zero attached hydrogens (tertiary/aromatic N) is 1. The Hall–Kier alpha value is -1.34. The van der Waals surface area contributed by atoms with Crippen LogP contribution in [0.15, 0.2) is 0 Å². The largest absolute Gasteiger partial charge is 0.481 e. The maximum absolute atomic E-state index is 11.8. The summed E-state index contributed by atoms with van der Waals surface area (Å²) in [6, 6.07) is -0.714. The van der Waals surface area contributed by atoms with E-state index in [1.807, 2.05) is 13.8 Å². The number of nitrogens with one attached hydrogen (secondary N) is 2. The van der Waals surface area contributed by atoms with Crippen molar-refractivity contribution in [3.63, 3.8) is 0 Å². The van der Waals surface area contributed by atoms with Gasteiger partial charge in [-0.3, -0.25) is 9.69 Å². The Bertz CT molecular complexity index is 349. The van der Waals surface area contributed by atoms with Crippen molar-refractivity contribution in [2.75, 3.05) is 32.8 Å². The molecule has 1 fully saturated rings. The van der Waals surface area contributed by atoms with Gasteiger partial charge in [-0.05, 0) is 12.5 Å². The van der Waals surface area contributed by atoms with E-state index >= 15 is 0 Å². The number of hydrogen-bond acceptors (Lipinski definition) is 4. The van der Waals surface area contributed by atoms with Crippen molar-refractivity contribution in [2.24, 2.45) is 5.92 Å². The lowest BCUT2D eigenvalue weighted by atomic mass is 10.0. The molecular formula is C14H27N3O4. The van der Waals surface area contributed by atoms with Gasteiger partial charge in [0.15, 0.2) is 0 Å². The highest BCUT2D eigenvalue weighted by molar-refractivity contribution is 5.75. The molecule has 0 aromatic heterocycles. The molecule has 2 amide bonds. The molecule has 0 saturated carbocycles. The molecule has 2 unspecified atom stereocenters. The van der Waals surface area contributed by atoms with Gasteiger partial charge in [-0.2, -0.15) is 0 Å². The van der Waals surface area contributed by atoms with Crippen LogP contribution in [0.4, 0.5) is 4.79 Å². The van der Waals surface area contributed by atoms with Crippen LogP contribution in [0.25, 0.3) is 0 Å². The van der Waals surface area contributed by atoms with E-state index in [0.29, 0.717) is 13.2 Å². The van der Waals surface area contributed by atoms with Gasteiger partial charge in [-0.25, -0.2) is 4.79 Å². The van der Waals surface area contributed by atoms with E-state index in [2.05, 4.69) is 22.5 Å². The van der Waals surface area contributed by atoms with Crippen LogP contribution in [0.3, 0.4) is 0 Å². The quantitative estimate of drug-likeness (QED) is 0.637. The van der Waals surface area contributed by atoms with Gasteiger partial charge in [0, 0.05) is 25.7 Å². The molecule has 2 atom stereocenters. The molecule has 1 saturated heterocycles. The molecule has 3 N–H and O–H groups in total. The van der Waals surface area contributed by atoms with Crippen molar-refractivity contribution < 1.29 is 19.4 Å². The minimum absolute atomic E-state index is 0.0126. The number of carboxylic acids is 1. The second-order valence-corrected chi connectivity index (χ2v) is 5.69. The molecule has 122 valence electrons. The van der Waals surface area contributed by atoms with E-state index in [0.717, 1.165) is 19.6 Å². The van der Waals surface area contributed by atoms with Crippen molar-refractivity contribution in [3.05, 3.63) is 0 Å². The predicted octanol–water partition coefficient (Wildman–Crippen LogP) is 0.506. The molecule has 0 bridgehead atoms. The smallest absolute Gasteiger partial charge is 0.315 e. The summed E-state index contributed by atoms with van der Waals surface area (Å²) in [5.74, 6) is -0.850. The first-order valence-corrected chi connectivity index (χ1v) is 7.52. The number of carboxylic acid groups (broad SMARTS) is 1. The Morgan fingerprint density at radius 1 is 1.43 bits per heavy atom. The number of urea groups is 1. The molecule has 1 aliphatic heterocycles. The van der Waals surface area contributed by atoms with Crippen molar-refractivity contribution >= 4 is 12.0 Å². The Morgan fingerprint density at radius 2 is 2.14 bits per heavy atom. The maximum Gasteiger partial charge on any atom is 0.315 e. The summed E-state index contributed by atoms with van der Waals surface area (Å²) in [4.78, 5) is 24.9. The van der Waals surface area contributed by atoms with E-state index in [1.165, 1.54) is 0 Å². The van der Waals surface area contributed by atoms with Gasteiger partial charge in [0.1, 0.15) is 0 Å². The second-order valence-electron chi connectivity index (χ2n) is 5.69.